The summed E-state index contributed by atoms with van der Waals surface area (Å²) in [6.07, 6.45) is 0. The summed E-state index contributed by atoms with van der Waals surface area (Å²) in [6.45, 7) is 5.64. The number of aryl methyl sites for hydroxylation is 2. The molecule has 1 aromatic rings. The van der Waals surface area contributed by atoms with Gasteiger partial charge in [0.1, 0.15) is 0 Å². The zero-order valence-electron chi connectivity index (χ0n) is 8.59. The second kappa shape index (κ2) is 4.10. The standard InChI is InChI=1S/C8H15N3O2S/c1-4-14(12,13)9-5-8-6(2)10-11-7(8)3/h9H,4-5H2,1-3H3,(H,10,11). The van der Waals surface area contributed by atoms with Gasteiger partial charge in [-0.3, -0.25) is 5.10 Å². The predicted molar refractivity (Wildman–Crippen MR) is 54.4 cm³/mol. The van der Waals surface area contributed by atoms with E-state index in [2.05, 4.69) is 14.9 Å². The Labute approximate surface area is 84.0 Å². The van der Waals surface area contributed by atoms with Crippen LogP contribution in [0.5, 0.6) is 0 Å². The molecule has 0 aliphatic rings. The third kappa shape index (κ3) is 2.55. The molecule has 0 aliphatic heterocycles. The number of hydrogen-bond donors (Lipinski definition) is 2. The Morgan fingerprint density at radius 1 is 1.43 bits per heavy atom. The first kappa shape index (κ1) is 11.2. The number of sulfonamides is 1. The fourth-order valence-corrected chi connectivity index (χ4v) is 1.69. The summed E-state index contributed by atoms with van der Waals surface area (Å²) in [4.78, 5) is 0. The molecule has 0 spiro atoms. The number of nitrogens with one attached hydrogen (secondary N) is 2. The Morgan fingerprint density at radius 3 is 2.50 bits per heavy atom. The van der Waals surface area contributed by atoms with Gasteiger partial charge in [-0.05, 0) is 20.8 Å². The zero-order valence-corrected chi connectivity index (χ0v) is 9.40. The fourth-order valence-electron chi connectivity index (χ4n) is 1.12. The van der Waals surface area contributed by atoms with Gasteiger partial charge in [0.2, 0.25) is 10.0 Å². The highest BCUT2D eigenvalue weighted by molar-refractivity contribution is 7.89. The number of aromatic nitrogens is 2. The highest BCUT2D eigenvalue weighted by Gasteiger charge is 2.10. The second-order valence-corrected chi connectivity index (χ2v) is 5.23. The Kier molecular flexibility index (Phi) is 3.28. The van der Waals surface area contributed by atoms with E-state index in [0.29, 0.717) is 6.54 Å². The molecule has 14 heavy (non-hydrogen) atoms. The minimum atomic E-state index is -3.12. The van der Waals surface area contributed by atoms with Gasteiger partial charge in [-0.2, -0.15) is 5.10 Å². The van der Waals surface area contributed by atoms with E-state index in [1.165, 1.54) is 0 Å². The van der Waals surface area contributed by atoms with Crippen molar-refractivity contribution < 1.29 is 8.42 Å². The van der Waals surface area contributed by atoms with E-state index >= 15 is 0 Å². The van der Waals surface area contributed by atoms with Gasteiger partial charge in [-0.15, -0.1) is 0 Å². The van der Waals surface area contributed by atoms with Crippen LogP contribution in [0.15, 0.2) is 0 Å². The third-order valence-corrected chi connectivity index (χ3v) is 3.47. The van der Waals surface area contributed by atoms with Crippen LogP contribution in [0.25, 0.3) is 0 Å². The molecule has 6 heteroatoms. The van der Waals surface area contributed by atoms with Crippen molar-refractivity contribution in [2.45, 2.75) is 27.3 Å². The van der Waals surface area contributed by atoms with Crippen molar-refractivity contribution in [3.8, 4) is 0 Å². The Morgan fingerprint density at radius 2 is 2.07 bits per heavy atom. The largest absolute Gasteiger partial charge is 0.282 e. The third-order valence-electron chi connectivity index (χ3n) is 2.13. The minimum absolute atomic E-state index is 0.100. The Hall–Kier alpha value is -0.880. The van der Waals surface area contributed by atoms with Crippen LogP contribution < -0.4 is 4.72 Å². The molecule has 0 atom stereocenters. The van der Waals surface area contributed by atoms with E-state index < -0.39 is 10.0 Å². The minimum Gasteiger partial charge on any atom is -0.282 e. The molecule has 5 nitrogen and oxygen atoms in total. The van der Waals surface area contributed by atoms with Gasteiger partial charge in [0.05, 0.1) is 11.4 Å². The number of H-pyrrole nitrogens is 1. The molecule has 1 aromatic heterocycles. The van der Waals surface area contributed by atoms with Crippen molar-refractivity contribution in [2.75, 3.05) is 5.75 Å². The van der Waals surface area contributed by atoms with Crippen molar-refractivity contribution in [3.63, 3.8) is 0 Å². The van der Waals surface area contributed by atoms with E-state index in [1.807, 2.05) is 13.8 Å². The molecule has 0 bridgehead atoms. The summed E-state index contributed by atoms with van der Waals surface area (Å²) in [5, 5.41) is 6.79. The van der Waals surface area contributed by atoms with Crippen LogP contribution in [0, 0.1) is 13.8 Å². The molecule has 0 radical (unpaired) electrons. The van der Waals surface area contributed by atoms with Gasteiger partial charge >= 0.3 is 0 Å². The van der Waals surface area contributed by atoms with Crippen LogP contribution in [0.4, 0.5) is 0 Å². The van der Waals surface area contributed by atoms with Crippen molar-refractivity contribution >= 4 is 10.0 Å². The molecule has 0 fully saturated rings. The lowest BCUT2D eigenvalue weighted by Crippen LogP contribution is -2.25. The Bertz CT molecular complexity index is 389. The molecular formula is C8H15N3O2S. The van der Waals surface area contributed by atoms with Gasteiger partial charge in [0.15, 0.2) is 0 Å². The first-order valence-electron chi connectivity index (χ1n) is 4.44. The molecule has 0 aliphatic carbocycles. The molecular weight excluding hydrogens is 202 g/mol. The molecule has 0 saturated heterocycles. The topological polar surface area (TPSA) is 74.8 Å². The normalized spacial score (nSPS) is 11.9. The van der Waals surface area contributed by atoms with Gasteiger partial charge in [-0.25, -0.2) is 13.1 Å². The van der Waals surface area contributed by atoms with Crippen molar-refractivity contribution in [2.24, 2.45) is 0 Å². The van der Waals surface area contributed by atoms with Gasteiger partial charge in [0.25, 0.3) is 0 Å². The fraction of sp³-hybridized carbons (Fsp3) is 0.625. The number of hydrogen-bond acceptors (Lipinski definition) is 3. The molecule has 80 valence electrons. The van der Waals surface area contributed by atoms with Gasteiger partial charge < -0.3 is 0 Å². The summed E-state index contributed by atoms with van der Waals surface area (Å²) in [7, 11) is -3.12. The second-order valence-electron chi connectivity index (χ2n) is 3.14. The molecule has 2 N–H and O–H groups in total. The molecule has 1 heterocycles. The monoisotopic (exact) mass is 217 g/mol. The maximum atomic E-state index is 11.2. The summed E-state index contributed by atoms with van der Waals surface area (Å²) >= 11 is 0. The van der Waals surface area contributed by atoms with E-state index in [-0.39, 0.29) is 5.75 Å². The molecule has 0 aromatic carbocycles. The van der Waals surface area contributed by atoms with Crippen LogP contribution in [0.1, 0.15) is 23.9 Å². The summed E-state index contributed by atoms with van der Waals surface area (Å²) in [5.74, 6) is 0.100. The predicted octanol–water partition coefficient (Wildman–Crippen LogP) is 0.466. The van der Waals surface area contributed by atoms with E-state index in [4.69, 9.17) is 0 Å². The van der Waals surface area contributed by atoms with Crippen LogP contribution >= 0.6 is 0 Å². The van der Waals surface area contributed by atoms with E-state index in [0.717, 1.165) is 17.0 Å². The average Bonchev–Trinajstić information content (AvgIpc) is 2.44. The van der Waals surface area contributed by atoms with Gasteiger partial charge in [0, 0.05) is 17.8 Å². The van der Waals surface area contributed by atoms with Crippen LogP contribution in [-0.2, 0) is 16.6 Å². The van der Waals surface area contributed by atoms with Crippen molar-refractivity contribution in [1.82, 2.24) is 14.9 Å². The molecule has 0 amide bonds. The maximum Gasteiger partial charge on any atom is 0.211 e. The van der Waals surface area contributed by atoms with Crippen molar-refractivity contribution in [1.29, 1.82) is 0 Å². The zero-order chi connectivity index (χ0) is 10.8. The lowest BCUT2D eigenvalue weighted by molar-refractivity contribution is 0.582. The Balaban J connectivity index is 2.72. The molecule has 0 saturated carbocycles. The highest BCUT2D eigenvalue weighted by Crippen LogP contribution is 2.08. The van der Waals surface area contributed by atoms with Crippen LogP contribution in [-0.4, -0.2) is 24.4 Å². The van der Waals surface area contributed by atoms with E-state index in [1.54, 1.807) is 6.92 Å². The van der Waals surface area contributed by atoms with Crippen LogP contribution in [0.2, 0.25) is 0 Å². The first-order valence-corrected chi connectivity index (χ1v) is 6.09. The van der Waals surface area contributed by atoms with Crippen LogP contribution in [0.3, 0.4) is 0 Å². The first-order chi connectivity index (χ1) is 6.46. The molecule has 0 unspecified atom stereocenters. The van der Waals surface area contributed by atoms with E-state index in [9.17, 15) is 8.42 Å². The summed E-state index contributed by atoms with van der Waals surface area (Å²) in [5.41, 5.74) is 2.66. The summed E-state index contributed by atoms with van der Waals surface area (Å²) < 4.78 is 24.9. The lowest BCUT2D eigenvalue weighted by Gasteiger charge is -2.03. The van der Waals surface area contributed by atoms with Gasteiger partial charge in [-0.1, -0.05) is 0 Å². The lowest BCUT2D eigenvalue weighted by atomic mass is 10.2. The summed E-state index contributed by atoms with van der Waals surface area (Å²) in [6, 6.07) is 0. The highest BCUT2D eigenvalue weighted by atomic mass is 32.2. The average molecular weight is 217 g/mol. The molecule has 1 rings (SSSR count). The number of aromatic amines is 1. The maximum absolute atomic E-state index is 11.2. The quantitative estimate of drug-likeness (QED) is 0.769. The number of nitrogens with zero attached hydrogens (tertiary/aromatic N) is 1. The number of rotatable bonds is 4. The SMILES string of the molecule is CCS(=O)(=O)NCc1c(C)n[nH]c1C. The smallest absolute Gasteiger partial charge is 0.211 e. The van der Waals surface area contributed by atoms with Crippen molar-refractivity contribution in [3.05, 3.63) is 17.0 Å².